The second kappa shape index (κ2) is 8.07. The van der Waals surface area contributed by atoms with Crippen molar-refractivity contribution in [3.63, 3.8) is 0 Å². The summed E-state index contributed by atoms with van der Waals surface area (Å²) in [6.45, 7) is 4.23. The number of likely N-dealkylation sites (N-methyl/N-ethyl adjacent to an activating group) is 2. The maximum atomic E-state index is 12.7. The minimum atomic E-state index is 0.0254. The van der Waals surface area contributed by atoms with E-state index in [2.05, 4.69) is 26.8 Å². The molecule has 3 heterocycles. The van der Waals surface area contributed by atoms with Crippen molar-refractivity contribution in [1.29, 1.82) is 0 Å². The minimum Gasteiger partial charge on any atom is -0.374 e. The number of aromatic nitrogens is 2. The molecule has 0 bridgehead atoms. The van der Waals surface area contributed by atoms with Crippen molar-refractivity contribution < 1.29 is 4.79 Å². The maximum Gasteiger partial charge on any atom is 0.272 e. The molecule has 1 amide bonds. The molecule has 0 aliphatic carbocycles. The summed E-state index contributed by atoms with van der Waals surface area (Å²) in [6, 6.07) is 7.91. The summed E-state index contributed by atoms with van der Waals surface area (Å²) in [5.41, 5.74) is 2.80. The highest BCUT2D eigenvalue weighted by molar-refractivity contribution is 5.93. The maximum absolute atomic E-state index is 12.7. The van der Waals surface area contributed by atoms with Gasteiger partial charge in [-0.1, -0.05) is 0 Å². The Morgan fingerprint density at radius 2 is 1.84 bits per heavy atom. The largest absolute Gasteiger partial charge is 0.374 e. The Morgan fingerprint density at radius 3 is 2.56 bits per heavy atom. The van der Waals surface area contributed by atoms with E-state index in [-0.39, 0.29) is 5.91 Å². The van der Waals surface area contributed by atoms with Crippen LogP contribution in [0.2, 0.25) is 0 Å². The Kier molecular flexibility index (Phi) is 5.60. The Bertz CT molecular complexity index is 698. The van der Waals surface area contributed by atoms with E-state index in [1.54, 1.807) is 6.20 Å². The van der Waals surface area contributed by atoms with Crippen molar-refractivity contribution in [3.8, 4) is 0 Å². The number of anilines is 1. The van der Waals surface area contributed by atoms with E-state index >= 15 is 0 Å². The van der Waals surface area contributed by atoms with Crippen molar-refractivity contribution in [2.24, 2.45) is 0 Å². The molecule has 2 aromatic heterocycles. The normalized spacial score (nSPS) is 15.2. The van der Waals surface area contributed by atoms with Crippen molar-refractivity contribution >= 4 is 11.6 Å². The van der Waals surface area contributed by atoms with Crippen LogP contribution in [0.15, 0.2) is 42.9 Å². The highest BCUT2D eigenvalue weighted by Crippen LogP contribution is 2.15. The van der Waals surface area contributed by atoms with Gasteiger partial charge in [0.2, 0.25) is 0 Å². The van der Waals surface area contributed by atoms with Crippen LogP contribution in [0, 0.1) is 0 Å². The molecule has 2 aromatic rings. The topological polar surface area (TPSA) is 52.6 Å². The molecule has 0 saturated carbocycles. The third kappa shape index (κ3) is 4.54. The van der Waals surface area contributed by atoms with Gasteiger partial charge in [0.15, 0.2) is 0 Å². The van der Waals surface area contributed by atoms with Crippen LogP contribution in [0.1, 0.15) is 16.1 Å². The Hall–Kier alpha value is -2.47. The molecule has 0 atom stereocenters. The van der Waals surface area contributed by atoms with Gasteiger partial charge in [0.05, 0.1) is 0 Å². The molecule has 6 nitrogen and oxygen atoms in total. The summed E-state index contributed by atoms with van der Waals surface area (Å²) < 4.78 is 0. The van der Waals surface area contributed by atoms with Gasteiger partial charge in [0, 0.05) is 64.0 Å². The zero-order valence-corrected chi connectivity index (χ0v) is 14.9. The van der Waals surface area contributed by atoms with Crippen LogP contribution in [0.25, 0.3) is 0 Å². The van der Waals surface area contributed by atoms with Gasteiger partial charge < -0.3 is 14.7 Å². The average molecular weight is 339 g/mol. The molecule has 1 aliphatic rings. The van der Waals surface area contributed by atoms with Crippen LogP contribution >= 0.6 is 0 Å². The summed E-state index contributed by atoms with van der Waals surface area (Å²) in [5.74, 6) is 0.0254. The van der Waals surface area contributed by atoms with Gasteiger partial charge in [-0.2, -0.15) is 0 Å². The van der Waals surface area contributed by atoms with Gasteiger partial charge in [0.25, 0.3) is 5.91 Å². The number of rotatable bonds is 5. The first-order chi connectivity index (χ1) is 12.1. The second-order valence-corrected chi connectivity index (χ2v) is 6.52. The van der Waals surface area contributed by atoms with E-state index in [0.717, 1.165) is 44.8 Å². The zero-order valence-electron chi connectivity index (χ0n) is 14.9. The fourth-order valence-electron chi connectivity index (χ4n) is 2.92. The number of carbonyl (C=O) groups is 1. The molecule has 1 fully saturated rings. The summed E-state index contributed by atoms with van der Waals surface area (Å²) >= 11 is 0. The van der Waals surface area contributed by atoms with Crippen LogP contribution < -0.4 is 4.90 Å². The van der Waals surface area contributed by atoms with Crippen molar-refractivity contribution in [2.45, 2.75) is 6.42 Å². The number of hydrogen-bond acceptors (Lipinski definition) is 5. The van der Waals surface area contributed by atoms with E-state index in [1.807, 2.05) is 48.6 Å². The third-order valence-electron chi connectivity index (χ3n) is 4.68. The van der Waals surface area contributed by atoms with E-state index < -0.39 is 0 Å². The Balaban J connectivity index is 1.63. The lowest BCUT2D eigenvalue weighted by Gasteiger charge is -2.32. The van der Waals surface area contributed by atoms with E-state index in [0.29, 0.717) is 5.69 Å². The molecular weight excluding hydrogens is 314 g/mol. The molecule has 25 heavy (non-hydrogen) atoms. The van der Waals surface area contributed by atoms with Crippen molar-refractivity contribution in [1.82, 2.24) is 19.8 Å². The molecule has 0 radical (unpaired) electrons. The summed E-state index contributed by atoms with van der Waals surface area (Å²) in [7, 11) is 4.12. The summed E-state index contributed by atoms with van der Waals surface area (Å²) in [6.07, 6.45) is 6.29. The molecule has 0 unspecified atom stereocenters. The lowest BCUT2D eigenvalue weighted by molar-refractivity contribution is 0.0658. The van der Waals surface area contributed by atoms with Crippen LogP contribution in [0.3, 0.4) is 0 Å². The quantitative estimate of drug-likeness (QED) is 0.827. The SMILES string of the molecule is CN1CCN(C(=O)c2cc(N(C)CCc3ccncc3)ccn2)CC1. The number of carbonyl (C=O) groups excluding carboxylic acids is 1. The molecule has 0 spiro atoms. The first kappa shape index (κ1) is 17.4. The molecule has 1 saturated heterocycles. The third-order valence-corrected chi connectivity index (χ3v) is 4.68. The minimum absolute atomic E-state index is 0.0254. The predicted molar refractivity (Wildman–Crippen MR) is 98.8 cm³/mol. The van der Waals surface area contributed by atoms with Gasteiger partial charge in [-0.25, -0.2) is 0 Å². The van der Waals surface area contributed by atoms with Crippen LogP contribution in [0.4, 0.5) is 5.69 Å². The van der Waals surface area contributed by atoms with Gasteiger partial charge in [-0.15, -0.1) is 0 Å². The van der Waals surface area contributed by atoms with Gasteiger partial charge in [-0.3, -0.25) is 14.8 Å². The Labute approximate surface area is 149 Å². The first-order valence-electron chi connectivity index (χ1n) is 8.67. The number of nitrogens with zero attached hydrogens (tertiary/aromatic N) is 5. The molecule has 6 heteroatoms. The monoisotopic (exact) mass is 339 g/mol. The molecule has 1 aliphatic heterocycles. The fourth-order valence-corrected chi connectivity index (χ4v) is 2.92. The Morgan fingerprint density at radius 1 is 1.12 bits per heavy atom. The second-order valence-electron chi connectivity index (χ2n) is 6.52. The van der Waals surface area contributed by atoms with E-state index in [9.17, 15) is 4.79 Å². The molecule has 3 rings (SSSR count). The van der Waals surface area contributed by atoms with Crippen molar-refractivity contribution in [2.75, 3.05) is 51.7 Å². The van der Waals surface area contributed by atoms with E-state index in [1.165, 1.54) is 5.56 Å². The van der Waals surface area contributed by atoms with Gasteiger partial charge >= 0.3 is 0 Å². The molecular formula is C19H25N5O. The molecule has 132 valence electrons. The summed E-state index contributed by atoms with van der Waals surface area (Å²) in [5, 5.41) is 0. The molecule has 0 aromatic carbocycles. The fraction of sp³-hybridized carbons (Fsp3) is 0.421. The number of pyridine rings is 2. The lowest BCUT2D eigenvalue weighted by atomic mass is 10.2. The highest BCUT2D eigenvalue weighted by Gasteiger charge is 2.21. The smallest absolute Gasteiger partial charge is 0.272 e. The highest BCUT2D eigenvalue weighted by atomic mass is 16.2. The standard InChI is InChI=1S/C19H25N5O/c1-22-11-13-24(14-12-22)19(25)18-15-17(5-9-21-18)23(2)10-6-16-3-7-20-8-4-16/h3-5,7-9,15H,6,10-14H2,1-2H3. The number of amides is 1. The predicted octanol–water partition coefficient (Wildman–Crippen LogP) is 1.54. The average Bonchev–Trinajstić information content (AvgIpc) is 2.67. The number of piperazine rings is 1. The van der Waals surface area contributed by atoms with Gasteiger partial charge in [-0.05, 0) is 43.3 Å². The molecule has 0 N–H and O–H groups in total. The number of hydrogen-bond donors (Lipinski definition) is 0. The summed E-state index contributed by atoms with van der Waals surface area (Å²) in [4.78, 5) is 27.3. The van der Waals surface area contributed by atoms with Crippen LogP contribution in [-0.4, -0.2) is 72.5 Å². The van der Waals surface area contributed by atoms with Crippen LogP contribution in [0.5, 0.6) is 0 Å². The van der Waals surface area contributed by atoms with Gasteiger partial charge in [0.1, 0.15) is 5.69 Å². The zero-order chi connectivity index (χ0) is 17.6. The van der Waals surface area contributed by atoms with Crippen molar-refractivity contribution in [3.05, 3.63) is 54.1 Å². The van der Waals surface area contributed by atoms with E-state index in [4.69, 9.17) is 0 Å². The van der Waals surface area contributed by atoms with Crippen LogP contribution in [-0.2, 0) is 6.42 Å². The first-order valence-corrected chi connectivity index (χ1v) is 8.67. The lowest BCUT2D eigenvalue weighted by Crippen LogP contribution is -2.47.